The third-order valence-corrected chi connectivity index (χ3v) is 1.88. The molecule has 0 saturated heterocycles. The molecule has 1 rings (SSSR count). The number of hydrogen-bond donors (Lipinski definition) is 1. The van der Waals surface area contributed by atoms with Crippen LogP contribution in [0.15, 0.2) is 18.2 Å². The summed E-state index contributed by atoms with van der Waals surface area (Å²) in [5.74, 6) is -3.10. The summed E-state index contributed by atoms with van der Waals surface area (Å²) < 4.78 is 26.3. The standard InChI is InChI=1S/C10H7ClF2O2/c11-3-1-2-6-4-9(13)7(10(14)15)5-8(6)12/h1-2,4-5H,3H2,(H,14,15). The second-order valence-electron chi connectivity index (χ2n) is 2.72. The number of halogens is 3. The Morgan fingerprint density at radius 1 is 1.40 bits per heavy atom. The van der Waals surface area contributed by atoms with Gasteiger partial charge in [-0.1, -0.05) is 12.2 Å². The van der Waals surface area contributed by atoms with Crippen molar-refractivity contribution >= 4 is 23.6 Å². The van der Waals surface area contributed by atoms with E-state index in [0.29, 0.717) is 6.07 Å². The topological polar surface area (TPSA) is 37.3 Å². The van der Waals surface area contributed by atoms with Gasteiger partial charge >= 0.3 is 5.97 Å². The molecule has 0 spiro atoms. The highest BCUT2D eigenvalue weighted by atomic mass is 35.5. The molecule has 15 heavy (non-hydrogen) atoms. The Bertz CT molecular complexity index is 416. The molecule has 1 aromatic carbocycles. The van der Waals surface area contributed by atoms with Crippen LogP contribution in [0.2, 0.25) is 0 Å². The predicted molar refractivity (Wildman–Crippen MR) is 53.1 cm³/mol. The first-order chi connectivity index (χ1) is 7.06. The SMILES string of the molecule is O=C(O)c1cc(F)c(C=CCCl)cc1F. The first-order valence-corrected chi connectivity index (χ1v) is 4.54. The smallest absolute Gasteiger partial charge is 0.338 e. The molecule has 0 aliphatic heterocycles. The van der Waals surface area contributed by atoms with E-state index in [4.69, 9.17) is 16.7 Å². The number of carboxylic acid groups (broad SMARTS) is 1. The monoisotopic (exact) mass is 232 g/mol. The maximum Gasteiger partial charge on any atom is 0.338 e. The third kappa shape index (κ3) is 2.76. The van der Waals surface area contributed by atoms with Crippen LogP contribution in [0, 0.1) is 11.6 Å². The zero-order valence-corrected chi connectivity index (χ0v) is 8.26. The van der Waals surface area contributed by atoms with Crippen LogP contribution >= 0.6 is 11.6 Å². The van der Waals surface area contributed by atoms with Gasteiger partial charge in [-0.25, -0.2) is 13.6 Å². The zero-order chi connectivity index (χ0) is 11.4. The normalized spacial score (nSPS) is 10.9. The summed E-state index contributed by atoms with van der Waals surface area (Å²) in [7, 11) is 0. The molecule has 0 heterocycles. The van der Waals surface area contributed by atoms with Gasteiger partial charge in [0.05, 0.1) is 5.56 Å². The summed E-state index contributed by atoms with van der Waals surface area (Å²) in [5.41, 5.74) is -0.714. The average molecular weight is 233 g/mol. The summed E-state index contributed by atoms with van der Waals surface area (Å²) in [6, 6.07) is 1.47. The number of hydrogen-bond acceptors (Lipinski definition) is 1. The first-order valence-electron chi connectivity index (χ1n) is 4.01. The van der Waals surface area contributed by atoms with Crippen LogP contribution < -0.4 is 0 Å². The van der Waals surface area contributed by atoms with Crippen molar-refractivity contribution in [3.63, 3.8) is 0 Å². The van der Waals surface area contributed by atoms with E-state index in [-0.39, 0.29) is 11.4 Å². The van der Waals surface area contributed by atoms with Crippen molar-refractivity contribution in [3.05, 3.63) is 41.0 Å². The van der Waals surface area contributed by atoms with Crippen LogP contribution in [-0.4, -0.2) is 17.0 Å². The molecule has 0 aromatic heterocycles. The van der Waals surface area contributed by atoms with Crippen molar-refractivity contribution in [3.8, 4) is 0 Å². The molecule has 0 radical (unpaired) electrons. The van der Waals surface area contributed by atoms with Crippen molar-refractivity contribution in [2.24, 2.45) is 0 Å². The van der Waals surface area contributed by atoms with Crippen molar-refractivity contribution in [1.29, 1.82) is 0 Å². The molecule has 0 amide bonds. The van der Waals surface area contributed by atoms with Gasteiger partial charge in [0, 0.05) is 11.4 Å². The van der Waals surface area contributed by atoms with Crippen molar-refractivity contribution in [2.75, 3.05) is 5.88 Å². The van der Waals surface area contributed by atoms with E-state index >= 15 is 0 Å². The molecule has 0 atom stereocenters. The van der Waals surface area contributed by atoms with Crippen molar-refractivity contribution in [1.82, 2.24) is 0 Å². The minimum absolute atomic E-state index is 0.0295. The van der Waals surface area contributed by atoms with Gasteiger partial charge in [0.25, 0.3) is 0 Å². The van der Waals surface area contributed by atoms with E-state index < -0.39 is 23.2 Å². The Hall–Kier alpha value is -1.42. The van der Waals surface area contributed by atoms with E-state index in [9.17, 15) is 13.6 Å². The van der Waals surface area contributed by atoms with Gasteiger partial charge < -0.3 is 5.11 Å². The molecular formula is C10H7ClF2O2. The molecule has 0 saturated carbocycles. The van der Waals surface area contributed by atoms with Gasteiger partial charge in [-0.3, -0.25) is 0 Å². The minimum atomic E-state index is -1.50. The quantitative estimate of drug-likeness (QED) is 0.814. The lowest BCUT2D eigenvalue weighted by Crippen LogP contribution is -2.02. The van der Waals surface area contributed by atoms with Crippen molar-refractivity contribution in [2.45, 2.75) is 0 Å². The summed E-state index contributed by atoms with van der Waals surface area (Å²) >= 11 is 5.33. The van der Waals surface area contributed by atoms with E-state index in [1.54, 1.807) is 0 Å². The van der Waals surface area contributed by atoms with E-state index in [1.807, 2.05) is 0 Å². The van der Waals surface area contributed by atoms with Gasteiger partial charge in [-0.05, 0) is 12.1 Å². The molecule has 1 N–H and O–H groups in total. The summed E-state index contributed by atoms with van der Waals surface area (Å²) in [5, 5.41) is 8.51. The lowest BCUT2D eigenvalue weighted by atomic mass is 10.1. The minimum Gasteiger partial charge on any atom is -0.478 e. The number of rotatable bonds is 3. The molecule has 0 aliphatic rings. The Labute approximate surface area is 89.8 Å². The lowest BCUT2D eigenvalue weighted by molar-refractivity contribution is 0.0691. The third-order valence-electron chi connectivity index (χ3n) is 1.70. The predicted octanol–water partition coefficient (Wildman–Crippen LogP) is 2.92. The number of allylic oxidation sites excluding steroid dienone is 1. The Morgan fingerprint density at radius 2 is 2.07 bits per heavy atom. The molecule has 0 fully saturated rings. The Balaban J connectivity index is 3.19. The van der Waals surface area contributed by atoms with Crippen LogP contribution in [0.4, 0.5) is 8.78 Å². The zero-order valence-electron chi connectivity index (χ0n) is 7.51. The molecular weight excluding hydrogens is 226 g/mol. The van der Waals surface area contributed by atoms with Crippen LogP contribution in [-0.2, 0) is 0 Å². The Morgan fingerprint density at radius 3 is 2.60 bits per heavy atom. The molecule has 0 bridgehead atoms. The maximum absolute atomic E-state index is 13.2. The summed E-state index contributed by atoms with van der Waals surface area (Å²) in [6.07, 6.45) is 2.72. The van der Waals surface area contributed by atoms with Gasteiger partial charge in [0.2, 0.25) is 0 Å². The summed E-state index contributed by atoms with van der Waals surface area (Å²) in [6.45, 7) is 0. The highest BCUT2D eigenvalue weighted by molar-refractivity contribution is 6.19. The number of alkyl halides is 1. The van der Waals surface area contributed by atoms with Gasteiger partial charge in [-0.2, -0.15) is 0 Å². The van der Waals surface area contributed by atoms with Crippen molar-refractivity contribution < 1.29 is 18.7 Å². The second kappa shape index (κ2) is 4.89. The van der Waals surface area contributed by atoms with Crippen LogP contribution in [0.3, 0.4) is 0 Å². The van der Waals surface area contributed by atoms with E-state index in [2.05, 4.69) is 0 Å². The van der Waals surface area contributed by atoms with Crippen LogP contribution in [0.1, 0.15) is 15.9 Å². The molecule has 5 heteroatoms. The highest BCUT2D eigenvalue weighted by Crippen LogP contribution is 2.16. The lowest BCUT2D eigenvalue weighted by Gasteiger charge is -2.01. The molecule has 80 valence electrons. The molecule has 0 aliphatic carbocycles. The van der Waals surface area contributed by atoms with Gasteiger partial charge in [0.15, 0.2) is 0 Å². The molecule has 0 unspecified atom stereocenters. The largest absolute Gasteiger partial charge is 0.478 e. The second-order valence-corrected chi connectivity index (χ2v) is 3.02. The van der Waals surface area contributed by atoms with Crippen LogP contribution in [0.5, 0.6) is 0 Å². The number of aromatic carboxylic acids is 1. The van der Waals surface area contributed by atoms with Crippen LogP contribution in [0.25, 0.3) is 6.08 Å². The fourth-order valence-corrected chi connectivity index (χ4v) is 1.11. The molecule has 1 aromatic rings. The number of benzene rings is 1. The number of carboxylic acids is 1. The molecule has 2 nitrogen and oxygen atoms in total. The van der Waals surface area contributed by atoms with Gasteiger partial charge in [-0.15, -0.1) is 11.6 Å². The maximum atomic E-state index is 13.2. The Kier molecular flexibility index (Phi) is 3.80. The average Bonchev–Trinajstić information content (AvgIpc) is 2.18. The summed E-state index contributed by atoms with van der Waals surface area (Å²) in [4.78, 5) is 10.5. The fourth-order valence-electron chi connectivity index (χ4n) is 1.03. The van der Waals surface area contributed by atoms with E-state index in [1.165, 1.54) is 12.2 Å². The highest BCUT2D eigenvalue weighted by Gasteiger charge is 2.13. The van der Waals surface area contributed by atoms with Gasteiger partial charge in [0.1, 0.15) is 11.6 Å². The number of carbonyl (C=O) groups is 1. The first kappa shape index (κ1) is 11.7. The van der Waals surface area contributed by atoms with E-state index in [0.717, 1.165) is 6.07 Å². The fraction of sp³-hybridized carbons (Fsp3) is 0.100.